The van der Waals surface area contributed by atoms with E-state index in [0.29, 0.717) is 0 Å². The van der Waals surface area contributed by atoms with Gasteiger partial charge in [-0.1, -0.05) is 45.1 Å². The number of benzene rings is 1. The Bertz CT molecular complexity index is 879. The number of halogens is 5. The number of hydrogen-bond donors (Lipinski definition) is 0. The second-order valence-electron chi connectivity index (χ2n) is 6.59. The van der Waals surface area contributed by atoms with Gasteiger partial charge in [0.25, 0.3) is 0 Å². The zero-order valence-corrected chi connectivity index (χ0v) is 17.3. The van der Waals surface area contributed by atoms with Crippen molar-refractivity contribution < 1.29 is 39.5 Å². The molecule has 10 heteroatoms. The smallest absolute Gasteiger partial charge is 0.200 e. The first-order valence-corrected chi connectivity index (χ1v) is 10.9. The number of hydrogen-bond acceptors (Lipinski definition) is 3. The Hall–Kier alpha value is -2.07. The lowest BCUT2D eigenvalue weighted by Crippen LogP contribution is -2.32. The van der Waals surface area contributed by atoms with E-state index in [1.54, 1.807) is 0 Å². The van der Waals surface area contributed by atoms with Crippen molar-refractivity contribution >= 4 is 10.1 Å². The maximum atomic E-state index is 12.6. The van der Waals surface area contributed by atoms with Crippen LogP contribution in [0, 0.1) is 29.1 Å². The fourth-order valence-corrected chi connectivity index (χ4v) is 3.26. The Kier molecular flexibility index (Phi) is 10.9. The molecule has 0 bridgehead atoms. The van der Waals surface area contributed by atoms with Gasteiger partial charge in [-0.05, 0) is 6.42 Å². The molecule has 0 unspecified atom stereocenters. The molecule has 0 saturated carbocycles. The maximum Gasteiger partial charge on any atom is 0.200 e. The van der Waals surface area contributed by atoms with Crippen LogP contribution in [-0.4, -0.2) is 13.0 Å². The summed E-state index contributed by atoms with van der Waals surface area (Å²) in [5.74, 6) is -12.8. The van der Waals surface area contributed by atoms with E-state index in [2.05, 4.69) is 42.1 Å². The summed E-state index contributed by atoms with van der Waals surface area (Å²) in [6.45, 7) is 3.45. The summed E-state index contributed by atoms with van der Waals surface area (Å²) in [5.41, 5.74) is 0. The van der Waals surface area contributed by atoms with Crippen molar-refractivity contribution in [1.29, 1.82) is 0 Å². The summed E-state index contributed by atoms with van der Waals surface area (Å²) in [6.07, 6.45) is 14.0. The molecule has 0 saturated heterocycles. The van der Waals surface area contributed by atoms with Crippen molar-refractivity contribution in [3.05, 3.63) is 59.7 Å². The van der Waals surface area contributed by atoms with Crippen LogP contribution < -0.4 is 4.57 Å². The Morgan fingerprint density at radius 2 is 1.17 bits per heavy atom. The van der Waals surface area contributed by atoms with E-state index in [-0.39, 0.29) is 0 Å². The predicted octanol–water partition coefficient (Wildman–Crippen LogP) is 5.01. The second-order valence-corrected chi connectivity index (χ2v) is 7.90. The number of aryl methyl sites for hydroxylation is 1. The van der Waals surface area contributed by atoms with Gasteiger partial charge in [-0.15, -0.1) is 0 Å². The Morgan fingerprint density at radius 3 is 1.63 bits per heavy atom. The molecule has 0 aliphatic rings. The van der Waals surface area contributed by atoms with Crippen LogP contribution in [0.15, 0.2) is 35.5 Å². The number of unbranched alkanes of at least 4 members (excludes halogenated alkanes) is 6. The highest BCUT2D eigenvalue weighted by molar-refractivity contribution is 7.85. The van der Waals surface area contributed by atoms with E-state index in [1.807, 2.05) is 0 Å². The average Bonchev–Trinajstić information content (AvgIpc) is 2.70. The number of rotatable bonds is 9. The van der Waals surface area contributed by atoms with Crippen LogP contribution in [0.2, 0.25) is 0 Å². The lowest BCUT2D eigenvalue weighted by atomic mass is 10.1. The van der Waals surface area contributed by atoms with Crippen LogP contribution in [0.5, 0.6) is 0 Å². The summed E-state index contributed by atoms with van der Waals surface area (Å²) in [5, 5.41) is 0. The molecular formula is C20H24F5NO3S. The molecule has 0 N–H and O–H groups in total. The lowest BCUT2D eigenvalue weighted by molar-refractivity contribution is -0.697. The number of aromatic nitrogens is 1. The van der Waals surface area contributed by atoms with Crippen LogP contribution in [-0.2, 0) is 16.7 Å². The van der Waals surface area contributed by atoms with Gasteiger partial charge in [-0.25, -0.2) is 34.9 Å². The summed E-state index contributed by atoms with van der Waals surface area (Å²) in [7, 11) is -5.77. The summed E-state index contributed by atoms with van der Waals surface area (Å²) in [6, 6.07) is 6.27. The maximum absolute atomic E-state index is 12.6. The topological polar surface area (TPSA) is 61.1 Å². The van der Waals surface area contributed by atoms with E-state index in [0.717, 1.165) is 0 Å². The van der Waals surface area contributed by atoms with Crippen LogP contribution in [0.4, 0.5) is 22.0 Å². The van der Waals surface area contributed by atoms with Crippen LogP contribution >= 0.6 is 0 Å². The molecule has 1 aromatic heterocycles. The molecule has 0 amide bonds. The van der Waals surface area contributed by atoms with Gasteiger partial charge < -0.3 is 4.55 Å². The molecule has 2 aromatic rings. The molecule has 1 heterocycles. The van der Waals surface area contributed by atoms with Gasteiger partial charge in [0.05, 0.1) is 0 Å². The molecule has 1 aromatic carbocycles. The van der Waals surface area contributed by atoms with Gasteiger partial charge in [0.1, 0.15) is 21.6 Å². The minimum absolute atomic E-state index is 1.18. The van der Waals surface area contributed by atoms with E-state index >= 15 is 0 Å². The highest BCUT2D eigenvalue weighted by Gasteiger charge is 2.28. The first-order chi connectivity index (χ1) is 14.1. The third kappa shape index (κ3) is 7.98. The third-order valence-corrected chi connectivity index (χ3v) is 5.08. The molecule has 0 atom stereocenters. The van der Waals surface area contributed by atoms with Gasteiger partial charge in [0.15, 0.2) is 35.7 Å². The zero-order chi connectivity index (χ0) is 22.7. The van der Waals surface area contributed by atoms with Gasteiger partial charge in [0.2, 0.25) is 5.82 Å². The van der Waals surface area contributed by atoms with Gasteiger partial charge in [-0.3, -0.25) is 0 Å². The van der Waals surface area contributed by atoms with Gasteiger partial charge >= 0.3 is 0 Å². The van der Waals surface area contributed by atoms with E-state index in [1.165, 1.54) is 51.5 Å². The van der Waals surface area contributed by atoms with Crippen molar-refractivity contribution in [3.8, 4) is 0 Å². The molecule has 0 radical (unpaired) electrons. The second kappa shape index (κ2) is 12.6. The van der Waals surface area contributed by atoms with E-state index in [4.69, 9.17) is 0 Å². The van der Waals surface area contributed by atoms with Gasteiger partial charge in [-0.2, -0.15) is 0 Å². The fraction of sp³-hybridized carbons (Fsp3) is 0.450. The van der Waals surface area contributed by atoms with Crippen molar-refractivity contribution in [3.63, 3.8) is 0 Å². The van der Waals surface area contributed by atoms with E-state index in [9.17, 15) is 34.9 Å². The van der Waals surface area contributed by atoms with Crippen molar-refractivity contribution in [2.75, 3.05) is 0 Å². The minimum Gasteiger partial charge on any atom is -0.744 e. The molecular weight excluding hydrogens is 429 g/mol. The molecule has 0 fully saturated rings. The highest BCUT2D eigenvalue weighted by atomic mass is 32.2. The largest absolute Gasteiger partial charge is 0.744 e. The summed E-state index contributed by atoms with van der Waals surface area (Å²) in [4.78, 5) is -2.38. The standard InChI is InChI=1S/C14H24N.C6HF5O3S/c1-2-3-4-5-6-7-9-12-15-13-10-8-11-14-15;7-1-2(8)4(10)6(15(12,13)14)5(11)3(1)9/h8,10-11,13-14H,2-7,9,12H2,1H3;(H,12,13,14)/q+1;/p-1. The normalized spacial score (nSPS) is 11.2. The molecule has 168 valence electrons. The molecule has 0 spiro atoms. The highest BCUT2D eigenvalue weighted by Crippen LogP contribution is 2.26. The summed E-state index contributed by atoms with van der Waals surface area (Å²) >= 11 is 0. The summed E-state index contributed by atoms with van der Waals surface area (Å²) < 4.78 is 95.2. The van der Waals surface area contributed by atoms with Crippen molar-refractivity contribution in [2.45, 2.75) is 63.3 Å². The molecule has 2 rings (SSSR count). The van der Waals surface area contributed by atoms with Crippen LogP contribution in [0.3, 0.4) is 0 Å². The van der Waals surface area contributed by atoms with Crippen molar-refractivity contribution in [2.24, 2.45) is 0 Å². The number of pyridine rings is 1. The zero-order valence-electron chi connectivity index (χ0n) is 16.5. The number of nitrogens with zero attached hydrogens (tertiary/aromatic N) is 1. The first kappa shape index (κ1) is 26.0. The minimum atomic E-state index is -5.77. The van der Waals surface area contributed by atoms with Crippen molar-refractivity contribution in [1.82, 2.24) is 0 Å². The monoisotopic (exact) mass is 453 g/mol. The SMILES string of the molecule is CCCCCCCCC[n+]1ccccc1.O=S(=O)([O-])c1c(F)c(F)c(F)c(F)c1F. The lowest BCUT2D eigenvalue weighted by Gasteiger charge is -2.10. The first-order valence-electron chi connectivity index (χ1n) is 9.52. The Labute approximate surface area is 173 Å². The molecule has 4 nitrogen and oxygen atoms in total. The van der Waals surface area contributed by atoms with Crippen LogP contribution in [0.1, 0.15) is 51.9 Å². The Morgan fingerprint density at radius 1 is 0.733 bits per heavy atom. The molecule has 0 aliphatic heterocycles. The predicted molar refractivity (Wildman–Crippen MR) is 98.8 cm³/mol. The van der Waals surface area contributed by atoms with Gasteiger partial charge in [0, 0.05) is 18.6 Å². The Balaban J connectivity index is 0.000000300. The third-order valence-electron chi connectivity index (χ3n) is 4.22. The molecule has 0 aliphatic carbocycles. The van der Waals surface area contributed by atoms with Crippen LogP contribution in [0.25, 0.3) is 0 Å². The van der Waals surface area contributed by atoms with E-state index < -0.39 is 44.1 Å². The fourth-order valence-electron chi connectivity index (χ4n) is 2.64. The quantitative estimate of drug-likeness (QED) is 0.134. The molecule has 30 heavy (non-hydrogen) atoms. The average molecular weight is 453 g/mol.